The number of nitrogens with zero attached hydrogens (tertiary/aromatic N) is 3. The SMILES string of the molecule is [2H]C([2H])([2H])c1cc(-c2c(C(C)(CC)CC)cccc2C(C)(CC)CC)ccc1-n1c(-c2cc(C(C)C)cc(C(C)C)c2O)nc2c(-c3[c-]c(-c4cc(-c5ccc(C)cc5)ccn4)cc(C(C)(C)C)c3)cccc21.[Pt]. The summed E-state index contributed by atoms with van der Waals surface area (Å²) in [4.78, 5) is 10.5. The van der Waals surface area contributed by atoms with Crippen LogP contribution in [0.3, 0.4) is 0 Å². The molecule has 0 amide bonds. The van der Waals surface area contributed by atoms with Crippen LogP contribution >= 0.6 is 0 Å². The van der Waals surface area contributed by atoms with Gasteiger partial charge in [0.2, 0.25) is 0 Å². The summed E-state index contributed by atoms with van der Waals surface area (Å²) in [6, 6.07) is 43.9. The molecule has 1 N–H and O–H groups in total. The molecule has 0 unspecified atom stereocenters. The molecule has 8 rings (SSSR count). The standard InChI is InChI=1S/C66H76N3O.Pt/c1-16-65(14,17-2)55-23-21-24-56(66(15,18-3)19-4)60(55)47-30-31-58(44(10)34-47)69-59-25-20-22-52(61(59)68-63(69)54-39-48(41(5)6)38-53(42(7)8)62(54)70)49-35-50(37-51(36-49)64(11,12)13)57-40-46(32-33-67-57)45-28-26-43(9)27-29-45;/h20-34,36-42,70H,16-19H2,1-15H3;/q-1;/i10D3;. The molecule has 8 aromatic rings. The summed E-state index contributed by atoms with van der Waals surface area (Å²) in [5.41, 5.74) is 16.4. The summed E-state index contributed by atoms with van der Waals surface area (Å²) >= 11 is 0. The number of aromatic hydroxyl groups is 1. The number of hydrogen-bond donors (Lipinski definition) is 1. The second-order valence-corrected chi connectivity index (χ2v) is 22.0. The summed E-state index contributed by atoms with van der Waals surface area (Å²) in [6.45, 7) is 28.4. The molecular weight excluding hydrogens is 1050 g/mol. The van der Waals surface area contributed by atoms with E-state index >= 15 is 0 Å². The molecule has 0 spiro atoms. The molecular formula is C66H76N3OPt-. The van der Waals surface area contributed by atoms with Gasteiger partial charge in [0.25, 0.3) is 0 Å². The topological polar surface area (TPSA) is 50.9 Å². The molecule has 0 aliphatic carbocycles. The molecule has 71 heavy (non-hydrogen) atoms. The fourth-order valence-electron chi connectivity index (χ4n) is 10.2. The van der Waals surface area contributed by atoms with Crippen LogP contribution in [0.2, 0.25) is 0 Å². The molecule has 0 saturated heterocycles. The molecule has 0 fully saturated rings. The Kier molecular flexibility index (Phi) is 14.4. The zero-order valence-electron chi connectivity index (χ0n) is 47.6. The zero-order valence-corrected chi connectivity index (χ0v) is 46.9. The van der Waals surface area contributed by atoms with E-state index in [9.17, 15) is 9.22 Å². The Morgan fingerprint density at radius 1 is 0.662 bits per heavy atom. The molecule has 2 heterocycles. The fourth-order valence-corrected chi connectivity index (χ4v) is 10.2. The predicted molar refractivity (Wildman–Crippen MR) is 299 cm³/mol. The van der Waals surface area contributed by atoms with Gasteiger partial charge in [-0.3, -0.25) is 9.55 Å². The van der Waals surface area contributed by atoms with Crippen molar-refractivity contribution in [1.29, 1.82) is 0 Å². The van der Waals surface area contributed by atoms with Gasteiger partial charge in [-0.05, 0) is 148 Å². The summed E-state index contributed by atoms with van der Waals surface area (Å²) < 4.78 is 30.1. The zero-order chi connectivity index (χ0) is 52.9. The molecule has 0 saturated carbocycles. The van der Waals surface area contributed by atoms with Gasteiger partial charge in [-0.2, -0.15) is 0 Å². The van der Waals surface area contributed by atoms with Crippen molar-refractivity contribution in [2.75, 3.05) is 0 Å². The maximum absolute atomic E-state index is 12.5. The largest absolute Gasteiger partial charge is 0.507 e. The first kappa shape index (κ1) is 49.0. The number of benzene rings is 6. The number of aryl methyl sites for hydroxylation is 2. The van der Waals surface area contributed by atoms with Gasteiger partial charge in [-0.15, -0.1) is 29.3 Å². The number of rotatable bonds is 14. The first-order chi connectivity index (χ1) is 34.5. The quantitative estimate of drug-likeness (QED) is 0.110. The van der Waals surface area contributed by atoms with Gasteiger partial charge >= 0.3 is 0 Å². The van der Waals surface area contributed by atoms with Gasteiger partial charge in [0.1, 0.15) is 11.6 Å². The van der Waals surface area contributed by atoms with Crippen LogP contribution in [-0.4, -0.2) is 19.6 Å². The van der Waals surface area contributed by atoms with E-state index in [0.717, 1.165) is 92.5 Å². The number of imidazole rings is 1. The second-order valence-electron chi connectivity index (χ2n) is 22.0. The molecule has 4 nitrogen and oxygen atoms in total. The molecule has 0 radical (unpaired) electrons. The first-order valence-electron chi connectivity index (χ1n) is 27.3. The Labute approximate surface area is 444 Å². The summed E-state index contributed by atoms with van der Waals surface area (Å²) in [6.07, 6.45) is 5.63. The van der Waals surface area contributed by atoms with Gasteiger partial charge < -0.3 is 5.11 Å². The van der Waals surface area contributed by atoms with Crippen molar-refractivity contribution >= 4 is 11.0 Å². The van der Waals surface area contributed by atoms with Crippen molar-refractivity contribution in [3.8, 4) is 67.5 Å². The Morgan fingerprint density at radius 3 is 1.87 bits per heavy atom. The van der Waals surface area contributed by atoms with Gasteiger partial charge in [-0.25, -0.2) is 4.98 Å². The average Bonchev–Trinajstić information content (AvgIpc) is 3.76. The van der Waals surface area contributed by atoms with Crippen molar-refractivity contribution in [2.24, 2.45) is 0 Å². The van der Waals surface area contributed by atoms with Crippen molar-refractivity contribution < 1.29 is 30.3 Å². The molecule has 5 heteroatoms. The van der Waals surface area contributed by atoms with E-state index in [1.165, 1.54) is 16.7 Å². The Bertz CT molecular complexity index is 3270. The van der Waals surface area contributed by atoms with Gasteiger partial charge in [0.05, 0.1) is 22.3 Å². The minimum Gasteiger partial charge on any atom is -0.507 e. The summed E-state index contributed by atoms with van der Waals surface area (Å²) in [5, 5.41) is 12.5. The molecule has 0 bridgehead atoms. The molecule has 6 aromatic carbocycles. The Balaban J connectivity index is 0.00000800. The summed E-state index contributed by atoms with van der Waals surface area (Å²) in [5.74, 6) is 0.773. The first-order valence-corrected chi connectivity index (χ1v) is 25.8. The number of hydrogen-bond acceptors (Lipinski definition) is 3. The third-order valence-electron chi connectivity index (χ3n) is 15.8. The van der Waals surface area contributed by atoms with Crippen LogP contribution in [0.5, 0.6) is 5.75 Å². The van der Waals surface area contributed by atoms with Gasteiger partial charge in [-0.1, -0.05) is 179 Å². The Morgan fingerprint density at radius 2 is 1.28 bits per heavy atom. The van der Waals surface area contributed by atoms with Crippen molar-refractivity contribution in [1.82, 2.24) is 14.5 Å². The third kappa shape index (κ3) is 10.1. The molecule has 372 valence electrons. The van der Waals surface area contributed by atoms with Crippen molar-refractivity contribution in [2.45, 2.75) is 158 Å². The van der Waals surface area contributed by atoms with Crippen molar-refractivity contribution in [3.63, 3.8) is 0 Å². The Hall–Kier alpha value is -5.57. The van der Waals surface area contributed by atoms with Crippen LogP contribution in [0, 0.1) is 19.8 Å². The van der Waals surface area contributed by atoms with Crippen LogP contribution in [-0.2, 0) is 37.3 Å². The van der Waals surface area contributed by atoms with E-state index in [1.807, 2.05) is 47.2 Å². The molecule has 0 aliphatic rings. The molecule has 2 aromatic heterocycles. The number of fused-ring (bicyclic) bond motifs is 1. The number of para-hydroxylation sites is 1. The van der Waals surface area contributed by atoms with Crippen LogP contribution in [0.4, 0.5) is 0 Å². The van der Waals surface area contributed by atoms with Crippen LogP contribution in [0.15, 0.2) is 121 Å². The normalized spacial score (nSPS) is 13.1. The van der Waals surface area contributed by atoms with E-state index in [1.54, 1.807) is 0 Å². The fraction of sp³-hybridized carbons (Fsp3) is 0.364. The van der Waals surface area contributed by atoms with Crippen LogP contribution < -0.4 is 0 Å². The average molecular weight is 1130 g/mol. The van der Waals surface area contributed by atoms with E-state index in [2.05, 4.69) is 182 Å². The maximum atomic E-state index is 12.5. The second kappa shape index (κ2) is 20.9. The van der Waals surface area contributed by atoms with E-state index < -0.39 is 6.85 Å². The van der Waals surface area contributed by atoms with Crippen LogP contribution in [0.1, 0.15) is 171 Å². The van der Waals surface area contributed by atoms with E-state index in [0.29, 0.717) is 22.6 Å². The van der Waals surface area contributed by atoms with Crippen molar-refractivity contribution in [3.05, 3.63) is 166 Å². The third-order valence-corrected chi connectivity index (χ3v) is 15.8. The monoisotopic (exact) mass is 1120 g/mol. The number of phenols is 1. The number of phenolic OH excluding ortho intramolecular Hbond substituents is 1. The summed E-state index contributed by atoms with van der Waals surface area (Å²) in [7, 11) is 0. The minimum atomic E-state index is -2.53. The molecule has 0 aliphatic heterocycles. The molecule has 0 atom stereocenters. The number of aromatic nitrogens is 3. The van der Waals surface area contributed by atoms with E-state index in [-0.39, 0.29) is 60.5 Å². The van der Waals surface area contributed by atoms with Crippen LogP contribution in [0.25, 0.3) is 72.7 Å². The smallest absolute Gasteiger partial charge is 0.148 e. The number of pyridine rings is 1. The minimum absolute atomic E-state index is 0. The van der Waals surface area contributed by atoms with Gasteiger partial charge in [0, 0.05) is 37.1 Å². The maximum Gasteiger partial charge on any atom is 0.148 e. The predicted octanol–water partition coefficient (Wildman–Crippen LogP) is 18.6. The van der Waals surface area contributed by atoms with Gasteiger partial charge in [0.15, 0.2) is 0 Å². The van der Waals surface area contributed by atoms with E-state index in [4.69, 9.17) is 9.97 Å².